The molecule has 19 heavy (non-hydrogen) atoms. The van der Waals surface area contributed by atoms with E-state index in [1.165, 1.54) is 12.5 Å². The highest BCUT2D eigenvalue weighted by Crippen LogP contribution is 2.27. The fraction of sp³-hybridized carbons (Fsp3) is 0.429. The molecule has 1 saturated carbocycles. The van der Waals surface area contributed by atoms with Crippen molar-refractivity contribution in [3.63, 3.8) is 0 Å². The minimum absolute atomic E-state index is 0.0345. The third-order valence-electron chi connectivity index (χ3n) is 3.76. The van der Waals surface area contributed by atoms with Crippen LogP contribution in [0.1, 0.15) is 32.1 Å². The molecule has 5 heteroatoms. The lowest BCUT2D eigenvalue weighted by molar-refractivity contribution is -0.120. The summed E-state index contributed by atoms with van der Waals surface area (Å²) in [6, 6.07) is 4.72. The Hall–Kier alpha value is -1.91. The molecule has 0 unspecified atom stereocenters. The molecule has 2 aromatic rings. The maximum Gasteiger partial charge on any atom is 0.228 e. The summed E-state index contributed by atoms with van der Waals surface area (Å²) in [5.74, 6) is -0.0857. The minimum Gasteiger partial charge on any atom is -0.308 e. The van der Waals surface area contributed by atoms with E-state index in [4.69, 9.17) is 0 Å². The van der Waals surface area contributed by atoms with E-state index >= 15 is 0 Å². The number of aromatic nitrogens is 2. The number of carbonyl (C=O) groups excluding carboxylic acids is 1. The average molecular weight is 261 g/mol. The first-order valence-electron chi connectivity index (χ1n) is 6.69. The summed E-state index contributed by atoms with van der Waals surface area (Å²) in [6.45, 7) is 0. The molecular weight excluding hydrogens is 245 g/mol. The zero-order valence-corrected chi connectivity index (χ0v) is 10.6. The van der Waals surface area contributed by atoms with Crippen LogP contribution in [0.5, 0.6) is 0 Å². The normalized spacial score (nSPS) is 16.7. The lowest BCUT2D eigenvalue weighted by atomic mass is 9.89. The summed E-state index contributed by atoms with van der Waals surface area (Å²) in [5, 5.41) is 9.83. The van der Waals surface area contributed by atoms with Crippen LogP contribution in [0.25, 0.3) is 10.9 Å². The molecule has 0 bridgehead atoms. The van der Waals surface area contributed by atoms with Crippen molar-refractivity contribution in [2.24, 2.45) is 5.92 Å². The van der Waals surface area contributed by atoms with E-state index in [0.717, 1.165) is 25.7 Å². The van der Waals surface area contributed by atoms with E-state index < -0.39 is 0 Å². The third kappa shape index (κ3) is 2.32. The fourth-order valence-corrected chi connectivity index (χ4v) is 2.70. The number of amides is 1. The Labute approximate surface area is 110 Å². The highest BCUT2D eigenvalue weighted by Gasteiger charge is 2.22. The van der Waals surface area contributed by atoms with Crippen LogP contribution in [0.15, 0.2) is 18.2 Å². The standard InChI is InChI=1S/C14H16FN3O/c15-10-7-4-8-11-12(10)13(18-17-11)16-14(19)9-5-2-1-3-6-9/h4,7-9H,1-3,5-6H2,(H2,16,17,18,19). The van der Waals surface area contributed by atoms with Crippen LogP contribution in [-0.4, -0.2) is 16.1 Å². The van der Waals surface area contributed by atoms with Crippen LogP contribution < -0.4 is 5.32 Å². The number of benzene rings is 1. The zero-order chi connectivity index (χ0) is 13.2. The van der Waals surface area contributed by atoms with Gasteiger partial charge >= 0.3 is 0 Å². The van der Waals surface area contributed by atoms with Crippen LogP contribution >= 0.6 is 0 Å². The number of rotatable bonds is 2. The van der Waals surface area contributed by atoms with Gasteiger partial charge < -0.3 is 5.32 Å². The van der Waals surface area contributed by atoms with Crippen LogP contribution in [0, 0.1) is 11.7 Å². The highest BCUT2D eigenvalue weighted by molar-refractivity contribution is 6.00. The summed E-state index contributed by atoms with van der Waals surface area (Å²) in [5.41, 5.74) is 0.596. The minimum atomic E-state index is -0.370. The number of anilines is 1. The van der Waals surface area contributed by atoms with E-state index in [1.807, 2.05) is 0 Å². The van der Waals surface area contributed by atoms with Crippen molar-refractivity contribution in [3.05, 3.63) is 24.0 Å². The highest BCUT2D eigenvalue weighted by atomic mass is 19.1. The van der Waals surface area contributed by atoms with Gasteiger partial charge in [-0.3, -0.25) is 9.89 Å². The van der Waals surface area contributed by atoms with Crippen molar-refractivity contribution in [1.29, 1.82) is 0 Å². The molecule has 1 fully saturated rings. The first kappa shape index (κ1) is 12.1. The van der Waals surface area contributed by atoms with Crippen LogP contribution in [0.3, 0.4) is 0 Å². The maximum absolute atomic E-state index is 13.8. The number of H-pyrrole nitrogens is 1. The summed E-state index contributed by atoms with van der Waals surface area (Å²) in [7, 11) is 0. The smallest absolute Gasteiger partial charge is 0.228 e. The summed E-state index contributed by atoms with van der Waals surface area (Å²) in [6.07, 6.45) is 5.21. The second-order valence-electron chi connectivity index (χ2n) is 5.06. The molecule has 0 radical (unpaired) electrons. The molecule has 1 aromatic heterocycles. The van der Waals surface area contributed by atoms with Gasteiger partial charge in [0.25, 0.3) is 0 Å². The zero-order valence-electron chi connectivity index (χ0n) is 10.6. The van der Waals surface area contributed by atoms with E-state index in [0.29, 0.717) is 16.7 Å². The van der Waals surface area contributed by atoms with Crippen molar-refractivity contribution in [1.82, 2.24) is 10.2 Å². The van der Waals surface area contributed by atoms with Crippen LogP contribution in [-0.2, 0) is 4.79 Å². The quantitative estimate of drug-likeness (QED) is 0.872. The molecule has 1 amide bonds. The van der Waals surface area contributed by atoms with Crippen LogP contribution in [0.2, 0.25) is 0 Å². The predicted molar refractivity (Wildman–Crippen MR) is 71.3 cm³/mol. The van der Waals surface area contributed by atoms with Gasteiger partial charge in [-0.1, -0.05) is 25.3 Å². The monoisotopic (exact) mass is 261 g/mol. The van der Waals surface area contributed by atoms with Crippen molar-refractivity contribution in [2.45, 2.75) is 32.1 Å². The predicted octanol–water partition coefficient (Wildman–Crippen LogP) is 3.22. The van der Waals surface area contributed by atoms with Gasteiger partial charge in [0.1, 0.15) is 5.82 Å². The number of fused-ring (bicyclic) bond motifs is 1. The first-order chi connectivity index (χ1) is 9.25. The second-order valence-corrected chi connectivity index (χ2v) is 5.06. The molecule has 1 heterocycles. The van der Waals surface area contributed by atoms with Gasteiger partial charge in [-0.25, -0.2) is 4.39 Å². The number of aromatic amines is 1. The Morgan fingerprint density at radius 1 is 1.32 bits per heavy atom. The van der Waals surface area contributed by atoms with Crippen molar-refractivity contribution in [2.75, 3.05) is 5.32 Å². The van der Waals surface area contributed by atoms with Gasteiger partial charge in [-0.2, -0.15) is 5.10 Å². The number of hydrogen-bond acceptors (Lipinski definition) is 2. The Morgan fingerprint density at radius 2 is 2.11 bits per heavy atom. The second kappa shape index (κ2) is 4.99. The van der Waals surface area contributed by atoms with Crippen molar-refractivity contribution >= 4 is 22.6 Å². The largest absolute Gasteiger partial charge is 0.308 e. The Kier molecular flexibility index (Phi) is 3.19. The topological polar surface area (TPSA) is 57.8 Å². The van der Waals surface area contributed by atoms with Gasteiger partial charge in [-0.15, -0.1) is 0 Å². The molecule has 3 rings (SSSR count). The van der Waals surface area contributed by atoms with E-state index in [-0.39, 0.29) is 17.6 Å². The molecule has 0 saturated heterocycles. The fourth-order valence-electron chi connectivity index (χ4n) is 2.70. The van der Waals surface area contributed by atoms with Gasteiger partial charge in [0, 0.05) is 5.92 Å². The third-order valence-corrected chi connectivity index (χ3v) is 3.76. The molecule has 1 aliphatic rings. The van der Waals surface area contributed by atoms with Gasteiger partial charge in [0.2, 0.25) is 5.91 Å². The van der Waals surface area contributed by atoms with Gasteiger partial charge in [-0.05, 0) is 25.0 Å². The number of carbonyl (C=O) groups is 1. The Bertz CT molecular complexity index is 602. The Morgan fingerprint density at radius 3 is 2.89 bits per heavy atom. The number of halogens is 1. The molecule has 2 N–H and O–H groups in total. The number of nitrogens with one attached hydrogen (secondary N) is 2. The molecular formula is C14H16FN3O. The molecule has 100 valence electrons. The molecule has 1 aliphatic carbocycles. The van der Waals surface area contributed by atoms with Gasteiger partial charge in [0.05, 0.1) is 10.9 Å². The lowest BCUT2D eigenvalue weighted by Crippen LogP contribution is -2.25. The molecule has 0 atom stereocenters. The molecule has 0 spiro atoms. The first-order valence-corrected chi connectivity index (χ1v) is 6.69. The SMILES string of the molecule is O=C(Nc1n[nH]c2cccc(F)c12)C1CCCCC1. The summed E-state index contributed by atoms with van der Waals surface area (Å²) in [4.78, 5) is 12.1. The molecule has 0 aliphatic heterocycles. The number of hydrogen-bond donors (Lipinski definition) is 2. The average Bonchev–Trinajstić information content (AvgIpc) is 2.84. The Balaban J connectivity index is 1.83. The van der Waals surface area contributed by atoms with E-state index in [2.05, 4.69) is 15.5 Å². The van der Waals surface area contributed by atoms with E-state index in [9.17, 15) is 9.18 Å². The molecule has 1 aromatic carbocycles. The summed E-state index contributed by atoms with van der Waals surface area (Å²) >= 11 is 0. The van der Waals surface area contributed by atoms with Crippen molar-refractivity contribution < 1.29 is 9.18 Å². The maximum atomic E-state index is 13.8. The lowest BCUT2D eigenvalue weighted by Gasteiger charge is -2.20. The van der Waals surface area contributed by atoms with E-state index in [1.54, 1.807) is 12.1 Å². The van der Waals surface area contributed by atoms with Gasteiger partial charge in [0.15, 0.2) is 5.82 Å². The van der Waals surface area contributed by atoms with Crippen LogP contribution in [0.4, 0.5) is 10.2 Å². The summed E-state index contributed by atoms with van der Waals surface area (Å²) < 4.78 is 13.8. The van der Waals surface area contributed by atoms with Crippen molar-refractivity contribution in [3.8, 4) is 0 Å². The molecule has 4 nitrogen and oxygen atoms in total. The number of nitrogens with zero attached hydrogens (tertiary/aromatic N) is 1.